The Labute approximate surface area is 167 Å². The molecular formula is C19H35N3O4S. The van der Waals surface area contributed by atoms with Crippen molar-refractivity contribution in [1.82, 2.24) is 15.7 Å². The first-order valence-electron chi connectivity index (χ1n) is 9.61. The normalized spacial score (nSPS) is 19.5. The summed E-state index contributed by atoms with van der Waals surface area (Å²) >= 11 is 1.72. The summed E-state index contributed by atoms with van der Waals surface area (Å²) in [6.45, 7) is 9.32. The van der Waals surface area contributed by atoms with Crippen molar-refractivity contribution in [2.24, 2.45) is 17.3 Å². The average Bonchev–Trinajstić information content (AvgIpc) is 3.05. The molecule has 3 N–H and O–H groups in total. The second kappa shape index (κ2) is 10.3. The third-order valence-electron chi connectivity index (χ3n) is 4.60. The van der Waals surface area contributed by atoms with Crippen molar-refractivity contribution in [3.8, 4) is 0 Å². The van der Waals surface area contributed by atoms with Gasteiger partial charge in [0.2, 0.25) is 17.7 Å². The molecule has 3 atom stereocenters. The lowest BCUT2D eigenvalue weighted by molar-refractivity contribution is -0.190. The fourth-order valence-corrected chi connectivity index (χ4v) is 4.43. The van der Waals surface area contributed by atoms with Crippen LogP contribution in [0.15, 0.2) is 0 Å². The van der Waals surface area contributed by atoms with Crippen molar-refractivity contribution < 1.29 is 19.6 Å². The first kappa shape index (κ1) is 23.8. The molecule has 7 nitrogen and oxygen atoms in total. The van der Waals surface area contributed by atoms with Crippen LogP contribution in [0.5, 0.6) is 0 Å². The van der Waals surface area contributed by atoms with Gasteiger partial charge in [-0.2, -0.15) is 0 Å². The summed E-state index contributed by atoms with van der Waals surface area (Å²) in [6, 6.07) is -1.02. The van der Waals surface area contributed by atoms with E-state index in [-0.39, 0.29) is 23.6 Å². The van der Waals surface area contributed by atoms with Gasteiger partial charge in [0, 0.05) is 19.4 Å². The molecule has 0 aromatic rings. The maximum Gasteiger partial charge on any atom is 0.247 e. The lowest BCUT2D eigenvalue weighted by Gasteiger charge is -2.35. The summed E-state index contributed by atoms with van der Waals surface area (Å²) in [6.07, 6.45) is 2.44. The number of nitrogens with one attached hydrogen (secondary N) is 2. The van der Waals surface area contributed by atoms with Crippen LogP contribution < -0.4 is 10.6 Å². The minimum atomic E-state index is -1.02. The highest BCUT2D eigenvalue weighted by atomic mass is 32.2. The van der Waals surface area contributed by atoms with Gasteiger partial charge in [-0.1, -0.05) is 34.6 Å². The van der Waals surface area contributed by atoms with Crippen molar-refractivity contribution in [1.29, 1.82) is 0 Å². The molecule has 1 fully saturated rings. The Bertz CT molecular complexity index is 528. The first-order valence-corrected chi connectivity index (χ1v) is 10.7. The molecule has 0 bridgehead atoms. The Morgan fingerprint density at radius 1 is 1.22 bits per heavy atom. The van der Waals surface area contributed by atoms with Crippen molar-refractivity contribution in [3.63, 3.8) is 0 Å². The number of likely N-dealkylation sites (N-methyl/N-ethyl adjacent to an activating group) is 1. The molecule has 27 heavy (non-hydrogen) atoms. The number of nitrogens with zero attached hydrogens (tertiary/aromatic N) is 1. The van der Waals surface area contributed by atoms with Crippen LogP contribution in [-0.4, -0.2) is 52.2 Å². The minimum absolute atomic E-state index is 0.0979. The summed E-state index contributed by atoms with van der Waals surface area (Å²) in [5, 5.41) is 16.6. The lowest BCUT2D eigenvalue weighted by Crippen LogP contribution is -2.54. The zero-order valence-electron chi connectivity index (χ0n) is 17.4. The standard InChI is InChI=1S/C19H35N3O4S/c1-12(2)10-13(17(24)21-14-8-7-9-27-14)11-15(23)22(26)16(18(25)20-6)19(3,4)5/h12-14,16,26H,7-11H2,1-6H3,(H,20,25)(H,21,24). The Balaban J connectivity index is 2.86. The predicted molar refractivity (Wildman–Crippen MR) is 107 cm³/mol. The lowest BCUT2D eigenvalue weighted by atomic mass is 9.85. The van der Waals surface area contributed by atoms with Gasteiger partial charge in [0.15, 0.2) is 0 Å². The smallest absolute Gasteiger partial charge is 0.247 e. The molecule has 3 unspecified atom stereocenters. The molecule has 1 aliphatic rings. The fraction of sp³-hybridized carbons (Fsp3) is 0.842. The molecular weight excluding hydrogens is 366 g/mol. The summed E-state index contributed by atoms with van der Waals surface area (Å²) in [5.41, 5.74) is -0.652. The molecule has 8 heteroatoms. The van der Waals surface area contributed by atoms with Crippen LogP contribution in [0, 0.1) is 17.3 Å². The van der Waals surface area contributed by atoms with Gasteiger partial charge in [-0.05, 0) is 36.3 Å². The SMILES string of the molecule is CNC(=O)C(N(O)C(=O)CC(CC(C)C)C(=O)NC1CCCS1)C(C)(C)C. The number of carbonyl (C=O) groups is 3. The molecule has 1 aliphatic heterocycles. The number of hydrogen-bond acceptors (Lipinski definition) is 5. The van der Waals surface area contributed by atoms with Crippen molar-refractivity contribution in [2.75, 3.05) is 12.8 Å². The van der Waals surface area contributed by atoms with E-state index < -0.39 is 29.2 Å². The van der Waals surface area contributed by atoms with E-state index in [9.17, 15) is 19.6 Å². The zero-order chi connectivity index (χ0) is 20.8. The van der Waals surface area contributed by atoms with Gasteiger partial charge >= 0.3 is 0 Å². The van der Waals surface area contributed by atoms with Crippen molar-refractivity contribution in [2.45, 2.75) is 71.7 Å². The second-order valence-corrected chi connectivity index (χ2v) is 9.97. The molecule has 3 amide bonds. The fourth-order valence-electron chi connectivity index (χ4n) is 3.28. The third kappa shape index (κ3) is 7.33. The molecule has 0 aromatic carbocycles. The van der Waals surface area contributed by atoms with Gasteiger partial charge in [-0.3, -0.25) is 19.6 Å². The summed E-state index contributed by atoms with van der Waals surface area (Å²) in [7, 11) is 1.47. The van der Waals surface area contributed by atoms with E-state index in [4.69, 9.17) is 0 Å². The highest BCUT2D eigenvalue weighted by Crippen LogP contribution is 2.27. The van der Waals surface area contributed by atoms with Crippen LogP contribution >= 0.6 is 11.8 Å². The maximum absolute atomic E-state index is 12.7. The molecule has 156 valence electrons. The monoisotopic (exact) mass is 401 g/mol. The summed E-state index contributed by atoms with van der Waals surface area (Å²) in [5.74, 6) is -0.475. The van der Waals surface area contributed by atoms with E-state index >= 15 is 0 Å². The molecule has 0 saturated carbocycles. The Morgan fingerprint density at radius 2 is 1.85 bits per heavy atom. The molecule has 1 saturated heterocycles. The Kier molecular flexibility index (Phi) is 9.08. The molecule has 0 aliphatic carbocycles. The zero-order valence-corrected chi connectivity index (χ0v) is 18.2. The summed E-state index contributed by atoms with van der Waals surface area (Å²) < 4.78 is 0. The van der Waals surface area contributed by atoms with Crippen LogP contribution in [0.4, 0.5) is 0 Å². The number of thioether (sulfide) groups is 1. The largest absolute Gasteiger partial charge is 0.357 e. The Morgan fingerprint density at radius 3 is 2.30 bits per heavy atom. The van der Waals surface area contributed by atoms with E-state index in [0.29, 0.717) is 11.5 Å². The van der Waals surface area contributed by atoms with Gasteiger partial charge in [0.1, 0.15) is 6.04 Å². The molecule has 0 aromatic heterocycles. The predicted octanol–water partition coefficient (Wildman–Crippen LogP) is 2.39. The van der Waals surface area contributed by atoms with E-state index in [1.165, 1.54) is 7.05 Å². The number of rotatable bonds is 8. The van der Waals surface area contributed by atoms with Crippen molar-refractivity contribution in [3.05, 3.63) is 0 Å². The van der Waals surface area contributed by atoms with Crippen LogP contribution in [0.25, 0.3) is 0 Å². The third-order valence-corrected chi connectivity index (χ3v) is 5.88. The molecule has 1 heterocycles. The first-order chi connectivity index (χ1) is 12.5. The van der Waals surface area contributed by atoms with E-state index in [2.05, 4.69) is 10.6 Å². The molecule has 1 rings (SSSR count). The average molecular weight is 402 g/mol. The van der Waals surface area contributed by atoms with Gasteiger partial charge in [0.25, 0.3) is 0 Å². The quantitative estimate of drug-likeness (QED) is 0.428. The van der Waals surface area contributed by atoms with Gasteiger partial charge < -0.3 is 10.6 Å². The van der Waals surface area contributed by atoms with E-state index in [1.807, 2.05) is 13.8 Å². The number of hydroxylamine groups is 2. The minimum Gasteiger partial charge on any atom is -0.357 e. The Hall–Kier alpha value is -1.28. The van der Waals surface area contributed by atoms with Gasteiger partial charge in [-0.25, -0.2) is 5.06 Å². The number of hydrogen-bond donors (Lipinski definition) is 3. The number of amides is 3. The molecule has 0 spiro atoms. The summed E-state index contributed by atoms with van der Waals surface area (Å²) in [4.78, 5) is 37.6. The van der Waals surface area contributed by atoms with Crippen LogP contribution in [0.1, 0.15) is 60.3 Å². The molecule has 0 radical (unpaired) electrons. The van der Waals surface area contributed by atoms with Crippen LogP contribution in [0.2, 0.25) is 0 Å². The van der Waals surface area contributed by atoms with Crippen LogP contribution in [-0.2, 0) is 14.4 Å². The van der Waals surface area contributed by atoms with E-state index in [0.717, 1.165) is 18.6 Å². The van der Waals surface area contributed by atoms with E-state index in [1.54, 1.807) is 32.5 Å². The van der Waals surface area contributed by atoms with Crippen LogP contribution in [0.3, 0.4) is 0 Å². The highest BCUT2D eigenvalue weighted by Gasteiger charge is 2.39. The van der Waals surface area contributed by atoms with Crippen molar-refractivity contribution >= 4 is 29.5 Å². The van der Waals surface area contributed by atoms with Gasteiger partial charge in [-0.15, -0.1) is 11.8 Å². The maximum atomic E-state index is 12.7. The highest BCUT2D eigenvalue weighted by molar-refractivity contribution is 8.00. The van der Waals surface area contributed by atoms with Gasteiger partial charge in [0.05, 0.1) is 5.37 Å². The second-order valence-electron chi connectivity index (χ2n) is 8.66. The number of carbonyl (C=O) groups excluding carboxylic acids is 3. The topological polar surface area (TPSA) is 98.7 Å².